The van der Waals surface area contributed by atoms with Gasteiger partial charge in [-0.25, -0.2) is 9.98 Å². The number of rotatable bonds is 2. The van der Waals surface area contributed by atoms with E-state index in [1.807, 2.05) is 0 Å². The van der Waals surface area contributed by atoms with Crippen LogP contribution in [0.5, 0.6) is 0 Å². The fraction of sp³-hybridized carbons (Fsp3) is 0.348. The van der Waals surface area contributed by atoms with Crippen molar-refractivity contribution in [3.63, 3.8) is 0 Å². The molecule has 0 bridgehead atoms. The van der Waals surface area contributed by atoms with Crippen LogP contribution in [0.1, 0.15) is 43.4 Å². The molecular weight excluding hydrogens is 378 g/mol. The van der Waals surface area contributed by atoms with Crippen molar-refractivity contribution in [1.29, 1.82) is 0 Å². The van der Waals surface area contributed by atoms with Crippen LogP contribution in [0.4, 0.5) is 23.1 Å². The molecule has 1 fully saturated rings. The molecule has 0 radical (unpaired) electrons. The van der Waals surface area contributed by atoms with Crippen molar-refractivity contribution in [2.24, 2.45) is 4.99 Å². The van der Waals surface area contributed by atoms with E-state index in [1.54, 1.807) is 11.8 Å². The van der Waals surface area contributed by atoms with Gasteiger partial charge in [0.25, 0.3) is 0 Å². The van der Waals surface area contributed by atoms with Crippen LogP contribution in [0.25, 0.3) is 10.8 Å². The molecule has 0 atom stereocenters. The first kappa shape index (κ1) is 17.3. The summed E-state index contributed by atoms with van der Waals surface area (Å²) in [6.45, 7) is 2.10. The quantitative estimate of drug-likeness (QED) is 0.565. The molecule has 6 heteroatoms. The van der Waals surface area contributed by atoms with Crippen LogP contribution in [0.15, 0.2) is 41.4 Å². The summed E-state index contributed by atoms with van der Waals surface area (Å²) in [4.78, 5) is 17.1. The van der Waals surface area contributed by atoms with Crippen molar-refractivity contribution in [2.45, 2.75) is 50.8 Å². The highest BCUT2D eigenvalue weighted by Crippen LogP contribution is 2.47. The van der Waals surface area contributed by atoms with Gasteiger partial charge in [0.15, 0.2) is 5.17 Å². The van der Waals surface area contributed by atoms with Crippen molar-refractivity contribution in [2.75, 3.05) is 10.2 Å². The van der Waals surface area contributed by atoms with Crippen LogP contribution in [-0.2, 0) is 5.75 Å². The smallest absolute Gasteiger partial charge is 0.225 e. The largest absolute Gasteiger partial charge is 0.351 e. The van der Waals surface area contributed by atoms with Gasteiger partial charge in [-0.1, -0.05) is 55.3 Å². The number of thioether (sulfide) groups is 1. The average molecular weight is 402 g/mol. The summed E-state index contributed by atoms with van der Waals surface area (Å²) in [5, 5.41) is 7.03. The molecule has 29 heavy (non-hydrogen) atoms. The first-order valence-electron chi connectivity index (χ1n) is 10.5. The van der Waals surface area contributed by atoms with Gasteiger partial charge in [0.05, 0.1) is 11.4 Å². The molecular formula is C23H23N5S. The minimum absolute atomic E-state index is 0.484. The Morgan fingerprint density at radius 2 is 1.86 bits per heavy atom. The predicted octanol–water partition coefficient (Wildman–Crippen LogP) is 6.07. The molecule has 3 heterocycles. The van der Waals surface area contributed by atoms with Crippen LogP contribution in [-0.4, -0.2) is 21.2 Å². The number of hydrogen-bond acceptors (Lipinski definition) is 6. The summed E-state index contributed by atoms with van der Waals surface area (Å²) >= 11 is 1.77. The Labute approximate surface area is 174 Å². The maximum atomic E-state index is 5.02. The van der Waals surface area contributed by atoms with E-state index in [-0.39, 0.29) is 0 Å². The predicted molar refractivity (Wildman–Crippen MR) is 122 cm³/mol. The molecule has 0 spiro atoms. The highest BCUT2D eigenvalue weighted by atomic mass is 32.2. The first-order valence-corrected chi connectivity index (χ1v) is 11.4. The number of benzene rings is 2. The number of nitrogens with one attached hydrogen (secondary N) is 1. The van der Waals surface area contributed by atoms with Crippen molar-refractivity contribution >= 4 is 50.8 Å². The van der Waals surface area contributed by atoms with Gasteiger partial charge in [0.1, 0.15) is 5.82 Å². The van der Waals surface area contributed by atoms with Crippen LogP contribution in [0, 0.1) is 6.92 Å². The van der Waals surface area contributed by atoms with Gasteiger partial charge < -0.3 is 5.32 Å². The molecule has 2 aromatic carbocycles. The third-order valence-electron chi connectivity index (χ3n) is 6.20. The maximum Gasteiger partial charge on any atom is 0.225 e. The lowest BCUT2D eigenvalue weighted by Gasteiger charge is -2.35. The molecule has 1 saturated carbocycles. The van der Waals surface area contributed by atoms with E-state index < -0.39 is 0 Å². The monoisotopic (exact) mass is 401 g/mol. The molecule has 3 aliphatic rings. The number of anilines is 3. The van der Waals surface area contributed by atoms with Crippen LogP contribution >= 0.6 is 11.8 Å². The molecule has 1 N–H and O–H groups in total. The zero-order chi connectivity index (χ0) is 19.4. The van der Waals surface area contributed by atoms with Crippen LogP contribution < -0.4 is 10.2 Å². The minimum Gasteiger partial charge on any atom is -0.351 e. The number of aryl methyl sites for hydroxylation is 1. The Hall–Kier alpha value is -2.60. The lowest BCUT2D eigenvalue weighted by atomic mass is 9.96. The minimum atomic E-state index is 0.484. The van der Waals surface area contributed by atoms with Gasteiger partial charge in [-0.15, -0.1) is 0 Å². The molecule has 0 unspecified atom stereocenters. The number of hydrogen-bond donors (Lipinski definition) is 1. The second-order valence-corrected chi connectivity index (χ2v) is 9.03. The van der Waals surface area contributed by atoms with Gasteiger partial charge >= 0.3 is 0 Å². The third kappa shape index (κ3) is 2.81. The zero-order valence-electron chi connectivity index (χ0n) is 16.5. The number of aliphatic imine (C=N–C) groups is 1. The fourth-order valence-electron chi connectivity index (χ4n) is 4.70. The highest BCUT2D eigenvalue weighted by molar-refractivity contribution is 8.13. The fourth-order valence-corrected chi connectivity index (χ4v) is 5.79. The summed E-state index contributed by atoms with van der Waals surface area (Å²) in [5.74, 6) is 2.60. The lowest BCUT2D eigenvalue weighted by molar-refractivity contribution is 0.460. The van der Waals surface area contributed by atoms with E-state index in [0.29, 0.717) is 6.04 Å². The van der Waals surface area contributed by atoms with Crippen molar-refractivity contribution in [3.05, 3.63) is 47.7 Å². The molecule has 146 valence electrons. The summed E-state index contributed by atoms with van der Waals surface area (Å²) in [5.41, 5.74) is 4.48. The van der Waals surface area contributed by atoms with Gasteiger partial charge in [-0.2, -0.15) is 4.98 Å². The van der Waals surface area contributed by atoms with Crippen molar-refractivity contribution in [1.82, 2.24) is 9.97 Å². The topological polar surface area (TPSA) is 53.4 Å². The highest BCUT2D eigenvalue weighted by Gasteiger charge is 2.33. The molecule has 6 rings (SSSR count). The standard InChI is InChI=1S/C23H23N5S/c1-14-17-13-29-23-26-18-11-5-7-15-8-6-12-19(20(15)18)28(23)21(17)27-22(24-14)25-16-9-3-2-4-10-16/h5-8,11-12,16H,2-4,9-10,13H2,1H3,(H,24,25,27). The van der Waals surface area contributed by atoms with Gasteiger partial charge in [0.2, 0.25) is 5.95 Å². The molecule has 3 aromatic rings. The van der Waals surface area contributed by atoms with Crippen molar-refractivity contribution in [3.8, 4) is 0 Å². The zero-order valence-corrected chi connectivity index (χ0v) is 17.3. The summed E-state index contributed by atoms with van der Waals surface area (Å²) in [7, 11) is 0. The summed E-state index contributed by atoms with van der Waals surface area (Å²) in [6, 6.07) is 13.3. The molecule has 0 saturated heterocycles. The maximum absolute atomic E-state index is 5.02. The van der Waals surface area contributed by atoms with E-state index >= 15 is 0 Å². The Kier molecular flexibility index (Phi) is 4.01. The first-order chi connectivity index (χ1) is 14.3. The Bertz CT molecular complexity index is 1140. The number of nitrogens with zero attached hydrogens (tertiary/aromatic N) is 4. The molecule has 0 amide bonds. The van der Waals surface area contributed by atoms with Gasteiger partial charge in [-0.3, -0.25) is 4.90 Å². The third-order valence-corrected chi connectivity index (χ3v) is 7.16. The SMILES string of the molecule is Cc1nc(NC2CCCCC2)nc2c1CSC1=Nc3cccc4cccc(c34)N12. The summed E-state index contributed by atoms with van der Waals surface area (Å²) < 4.78 is 0. The lowest BCUT2D eigenvalue weighted by Crippen LogP contribution is -2.32. The molecule has 2 aliphatic heterocycles. The number of aromatic nitrogens is 2. The number of fused-ring (bicyclic) bond motifs is 4. The normalized spacial score (nSPS) is 18.2. The van der Waals surface area contributed by atoms with E-state index in [4.69, 9.17) is 15.0 Å². The van der Waals surface area contributed by atoms with E-state index in [0.717, 1.165) is 34.1 Å². The Morgan fingerprint density at radius 3 is 2.72 bits per heavy atom. The molecule has 1 aromatic heterocycles. The Morgan fingerprint density at radius 1 is 1.03 bits per heavy atom. The second kappa shape index (κ2) is 6.73. The molecule has 1 aliphatic carbocycles. The van der Waals surface area contributed by atoms with E-state index in [2.05, 4.69) is 53.5 Å². The van der Waals surface area contributed by atoms with Gasteiger partial charge in [0, 0.05) is 28.4 Å². The van der Waals surface area contributed by atoms with Crippen LogP contribution in [0.2, 0.25) is 0 Å². The van der Waals surface area contributed by atoms with E-state index in [9.17, 15) is 0 Å². The van der Waals surface area contributed by atoms with Gasteiger partial charge in [-0.05, 0) is 37.3 Å². The number of amidine groups is 1. The Balaban J connectivity index is 1.49. The van der Waals surface area contributed by atoms with Crippen LogP contribution in [0.3, 0.4) is 0 Å². The van der Waals surface area contributed by atoms with E-state index in [1.165, 1.54) is 54.1 Å². The van der Waals surface area contributed by atoms with Crippen molar-refractivity contribution < 1.29 is 0 Å². The second-order valence-electron chi connectivity index (χ2n) is 8.08. The summed E-state index contributed by atoms with van der Waals surface area (Å²) in [6.07, 6.45) is 6.34. The average Bonchev–Trinajstić information content (AvgIpc) is 2.74. The molecule has 5 nitrogen and oxygen atoms in total.